The third-order valence-corrected chi connectivity index (χ3v) is 3.70. The first-order chi connectivity index (χ1) is 7.33. The summed E-state index contributed by atoms with van der Waals surface area (Å²) >= 11 is 7.72. The summed E-state index contributed by atoms with van der Waals surface area (Å²) in [6, 6.07) is 14.2. The number of hydrogen-bond acceptors (Lipinski definition) is 1. The van der Waals surface area contributed by atoms with Crippen molar-refractivity contribution in [1.82, 2.24) is 0 Å². The van der Waals surface area contributed by atoms with E-state index >= 15 is 0 Å². The highest BCUT2D eigenvalue weighted by Crippen LogP contribution is 2.40. The van der Waals surface area contributed by atoms with Crippen molar-refractivity contribution in [2.75, 3.05) is 0 Å². The SMILES string of the molecule is Clc1ccc2c(c1)[C]c1ccccc1S2. The van der Waals surface area contributed by atoms with E-state index in [2.05, 4.69) is 24.6 Å². The van der Waals surface area contributed by atoms with Crippen LogP contribution in [-0.4, -0.2) is 0 Å². The first-order valence-electron chi connectivity index (χ1n) is 4.66. The zero-order valence-electron chi connectivity index (χ0n) is 7.83. The van der Waals surface area contributed by atoms with Crippen LogP contribution in [0.25, 0.3) is 0 Å². The molecule has 2 heteroatoms. The maximum atomic E-state index is 5.95. The Bertz CT molecular complexity index is 520. The average Bonchev–Trinajstić information content (AvgIpc) is 2.26. The Balaban J connectivity index is 2.11. The molecular weight excluding hydrogens is 224 g/mol. The summed E-state index contributed by atoms with van der Waals surface area (Å²) in [7, 11) is 0. The Morgan fingerprint density at radius 2 is 1.73 bits per heavy atom. The van der Waals surface area contributed by atoms with Gasteiger partial charge in [-0.3, -0.25) is 0 Å². The van der Waals surface area contributed by atoms with E-state index in [-0.39, 0.29) is 0 Å². The van der Waals surface area contributed by atoms with Gasteiger partial charge in [0.15, 0.2) is 0 Å². The predicted octanol–water partition coefficient (Wildman–Crippen LogP) is 4.28. The summed E-state index contributed by atoms with van der Waals surface area (Å²) in [6.45, 7) is 0. The molecule has 1 aliphatic rings. The Morgan fingerprint density at radius 3 is 2.67 bits per heavy atom. The fraction of sp³-hybridized carbons (Fsp3) is 0. The molecule has 0 atom stereocenters. The lowest BCUT2D eigenvalue weighted by molar-refractivity contribution is 1.21. The van der Waals surface area contributed by atoms with Crippen LogP contribution < -0.4 is 0 Å². The molecule has 72 valence electrons. The minimum absolute atomic E-state index is 0.765. The monoisotopic (exact) mass is 230 g/mol. The molecule has 2 aromatic carbocycles. The molecule has 0 saturated carbocycles. The first kappa shape index (κ1) is 9.32. The summed E-state index contributed by atoms with van der Waals surface area (Å²) in [5.41, 5.74) is 2.24. The molecule has 2 radical (unpaired) electrons. The van der Waals surface area contributed by atoms with Gasteiger partial charge in [-0.05, 0) is 35.4 Å². The predicted molar refractivity (Wildman–Crippen MR) is 63.5 cm³/mol. The molecular formula is C13H7ClS. The summed E-state index contributed by atoms with van der Waals surface area (Å²) in [6.07, 6.45) is 3.38. The Labute approximate surface area is 98.3 Å². The van der Waals surface area contributed by atoms with Gasteiger partial charge in [0.1, 0.15) is 0 Å². The van der Waals surface area contributed by atoms with Gasteiger partial charge in [0.2, 0.25) is 0 Å². The molecule has 0 unspecified atom stereocenters. The van der Waals surface area contributed by atoms with Crippen molar-refractivity contribution < 1.29 is 0 Å². The lowest BCUT2D eigenvalue weighted by Gasteiger charge is -2.17. The van der Waals surface area contributed by atoms with E-state index in [9.17, 15) is 0 Å². The average molecular weight is 231 g/mol. The van der Waals surface area contributed by atoms with E-state index in [1.807, 2.05) is 24.3 Å². The number of benzene rings is 2. The van der Waals surface area contributed by atoms with Crippen molar-refractivity contribution in [3.05, 3.63) is 65.0 Å². The summed E-state index contributed by atoms with van der Waals surface area (Å²) in [5.74, 6) is 0. The molecule has 1 aliphatic heterocycles. The second kappa shape index (κ2) is 3.58. The lowest BCUT2D eigenvalue weighted by atomic mass is 10.0. The van der Waals surface area contributed by atoms with Gasteiger partial charge in [-0.25, -0.2) is 0 Å². The largest absolute Gasteiger partial charge is 0.0894 e. The van der Waals surface area contributed by atoms with E-state index in [0.717, 1.165) is 16.1 Å². The topological polar surface area (TPSA) is 0 Å². The number of rotatable bonds is 0. The van der Waals surface area contributed by atoms with E-state index in [1.165, 1.54) is 9.79 Å². The third kappa shape index (κ3) is 1.66. The first-order valence-corrected chi connectivity index (χ1v) is 5.86. The molecule has 0 saturated heterocycles. The fourth-order valence-corrected chi connectivity index (χ4v) is 2.75. The van der Waals surface area contributed by atoms with E-state index in [1.54, 1.807) is 11.8 Å². The quantitative estimate of drug-likeness (QED) is 0.556. The van der Waals surface area contributed by atoms with Gasteiger partial charge < -0.3 is 0 Å². The van der Waals surface area contributed by atoms with Gasteiger partial charge in [-0.2, -0.15) is 0 Å². The van der Waals surface area contributed by atoms with Gasteiger partial charge in [0, 0.05) is 14.8 Å². The van der Waals surface area contributed by atoms with Crippen LogP contribution in [0.4, 0.5) is 0 Å². The molecule has 15 heavy (non-hydrogen) atoms. The number of fused-ring (bicyclic) bond motifs is 2. The van der Waals surface area contributed by atoms with Gasteiger partial charge in [-0.15, -0.1) is 0 Å². The van der Waals surface area contributed by atoms with Crippen LogP contribution in [0.5, 0.6) is 0 Å². The van der Waals surface area contributed by atoms with Gasteiger partial charge >= 0.3 is 0 Å². The summed E-state index contributed by atoms with van der Waals surface area (Å²) in [5, 5.41) is 0.765. The Hall–Kier alpha value is -0.920. The zero-order valence-corrected chi connectivity index (χ0v) is 9.40. The second-order valence-corrected chi connectivity index (χ2v) is 4.88. The maximum Gasteiger partial charge on any atom is 0.0526 e. The minimum atomic E-state index is 0.765. The van der Waals surface area contributed by atoms with Crippen LogP contribution in [0.15, 0.2) is 52.3 Å². The normalized spacial score (nSPS) is 13.1. The Morgan fingerprint density at radius 1 is 0.933 bits per heavy atom. The zero-order chi connectivity index (χ0) is 10.3. The minimum Gasteiger partial charge on any atom is -0.0894 e. The molecule has 0 fully saturated rings. The molecule has 0 N–H and O–H groups in total. The molecule has 1 heterocycles. The molecule has 0 spiro atoms. The molecule has 0 bridgehead atoms. The smallest absolute Gasteiger partial charge is 0.0526 e. The van der Waals surface area contributed by atoms with Crippen LogP contribution in [0.1, 0.15) is 11.1 Å². The lowest BCUT2D eigenvalue weighted by Crippen LogP contribution is -1.96. The number of hydrogen-bond donors (Lipinski definition) is 0. The van der Waals surface area contributed by atoms with Crippen LogP contribution in [0.2, 0.25) is 5.02 Å². The van der Waals surface area contributed by atoms with Gasteiger partial charge in [0.25, 0.3) is 0 Å². The molecule has 3 rings (SSSR count). The highest BCUT2D eigenvalue weighted by molar-refractivity contribution is 7.99. The van der Waals surface area contributed by atoms with Crippen LogP contribution in [0, 0.1) is 6.42 Å². The van der Waals surface area contributed by atoms with Crippen molar-refractivity contribution >= 4 is 23.4 Å². The van der Waals surface area contributed by atoms with E-state index < -0.39 is 0 Å². The van der Waals surface area contributed by atoms with Crippen LogP contribution in [0.3, 0.4) is 0 Å². The van der Waals surface area contributed by atoms with Crippen LogP contribution in [-0.2, 0) is 0 Å². The van der Waals surface area contributed by atoms with Gasteiger partial charge in [-0.1, -0.05) is 41.6 Å². The van der Waals surface area contributed by atoms with Crippen molar-refractivity contribution in [1.29, 1.82) is 0 Å². The highest BCUT2D eigenvalue weighted by Gasteiger charge is 2.16. The molecule has 0 amide bonds. The molecule has 0 aliphatic carbocycles. The van der Waals surface area contributed by atoms with Crippen molar-refractivity contribution in [2.24, 2.45) is 0 Å². The van der Waals surface area contributed by atoms with Crippen LogP contribution >= 0.6 is 23.4 Å². The maximum absolute atomic E-state index is 5.95. The number of halogens is 1. The molecule has 0 nitrogen and oxygen atoms in total. The third-order valence-electron chi connectivity index (χ3n) is 2.32. The molecule has 0 aromatic heterocycles. The van der Waals surface area contributed by atoms with Crippen molar-refractivity contribution in [3.8, 4) is 0 Å². The van der Waals surface area contributed by atoms with E-state index in [0.29, 0.717) is 0 Å². The van der Waals surface area contributed by atoms with E-state index in [4.69, 9.17) is 11.6 Å². The molecule has 2 aromatic rings. The standard InChI is InChI=1S/C13H7ClS/c14-11-5-6-13-10(8-11)7-9-3-1-2-4-12(9)15-13/h1-6,8H. The summed E-state index contributed by atoms with van der Waals surface area (Å²) < 4.78 is 0. The van der Waals surface area contributed by atoms with Crippen molar-refractivity contribution in [3.63, 3.8) is 0 Å². The van der Waals surface area contributed by atoms with Gasteiger partial charge in [0.05, 0.1) is 6.42 Å². The Kier molecular flexibility index (Phi) is 2.23. The fourth-order valence-electron chi connectivity index (χ4n) is 1.61. The highest BCUT2D eigenvalue weighted by atomic mass is 35.5. The second-order valence-electron chi connectivity index (χ2n) is 3.36. The van der Waals surface area contributed by atoms with Crippen molar-refractivity contribution in [2.45, 2.75) is 9.79 Å². The summed E-state index contributed by atoms with van der Waals surface area (Å²) in [4.78, 5) is 2.48.